The smallest absolute Gasteiger partial charge is 0.308 e. The van der Waals surface area contributed by atoms with E-state index in [4.69, 9.17) is 32.7 Å². The fourth-order valence-electron chi connectivity index (χ4n) is 2.44. The van der Waals surface area contributed by atoms with Gasteiger partial charge in [0.25, 0.3) is 0 Å². The van der Waals surface area contributed by atoms with Crippen molar-refractivity contribution in [1.82, 2.24) is 0 Å². The van der Waals surface area contributed by atoms with Crippen molar-refractivity contribution >= 4 is 46.4 Å². The molecule has 2 N–H and O–H groups in total. The quantitative estimate of drug-likeness (QED) is 0.458. The van der Waals surface area contributed by atoms with E-state index in [2.05, 4.69) is 15.6 Å². The number of anilines is 2. The van der Waals surface area contributed by atoms with Crippen LogP contribution in [0.4, 0.5) is 15.8 Å². The predicted molar refractivity (Wildman–Crippen MR) is 99.4 cm³/mol. The molecule has 1 aliphatic heterocycles. The van der Waals surface area contributed by atoms with Gasteiger partial charge in [-0.1, -0.05) is 23.2 Å². The van der Waals surface area contributed by atoms with Gasteiger partial charge in [0.05, 0.1) is 28.5 Å². The zero-order valence-electron chi connectivity index (χ0n) is 13.8. The summed E-state index contributed by atoms with van der Waals surface area (Å²) in [4.78, 5) is 15.6. The summed E-state index contributed by atoms with van der Waals surface area (Å²) in [6.45, 7) is 1.56. The minimum absolute atomic E-state index is 0.115. The average molecular weight is 398 g/mol. The average Bonchev–Trinajstić information content (AvgIpc) is 2.61. The first kappa shape index (κ1) is 18.3. The van der Waals surface area contributed by atoms with Gasteiger partial charge in [-0.3, -0.25) is 4.79 Å². The maximum atomic E-state index is 14.3. The summed E-state index contributed by atoms with van der Waals surface area (Å²) < 4.78 is 24.7. The topological polar surface area (TPSA) is 72.0 Å². The Morgan fingerprint density at radius 3 is 2.77 bits per heavy atom. The number of aliphatic imine (C=N–C) groups is 1. The van der Waals surface area contributed by atoms with Crippen LogP contribution in [0, 0.1) is 5.82 Å². The van der Waals surface area contributed by atoms with Crippen LogP contribution in [-0.4, -0.2) is 25.6 Å². The van der Waals surface area contributed by atoms with Gasteiger partial charge in [-0.15, -0.1) is 0 Å². The number of amidine groups is 1. The molecule has 0 saturated carbocycles. The molecule has 1 aliphatic rings. The SMILES string of the molecule is COc1cc2c(cc1OC(C)=O)C(Nc1ccc(Cl)c(Cl)c1F)=NCN2. The predicted octanol–water partition coefficient (Wildman–Crippen LogP) is 4.31. The maximum Gasteiger partial charge on any atom is 0.308 e. The van der Waals surface area contributed by atoms with E-state index in [9.17, 15) is 9.18 Å². The molecule has 0 spiro atoms. The van der Waals surface area contributed by atoms with E-state index in [1.807, 2.05) is 0 Å². The lowest BCUT2D eigenvalue weighted by atomic mass is 10.1. The molecule has 0 bridgehead atoms. The second-order valence-electron chi connectivity index (χ2n) is 5.33. The molecule has 2 aromatic carbocycles. The number of hydrogen-bond donors (Lipinski definition) is 2. The first-order chi connectivity index (χ1) is 12.4. The van der Waals surface area contributed by atoms with Gasteiger partial charge in [0.15, 0.2) is 17.3 Å². The van der Waals surface area contributed by atoms with E-state index in [0.29, 0.717) is 22.8 Å². The molecule has 0 amide bonds. The molecule has 26 heavy (non-hydrogen) atoms. The molecule has 0 atom stereocenters. The van der Waals surface area contributed by atoms with Crippen molar-refractivity contribution in [2.24, 2.45) is 4.99 Å². The normalized spacial score (nSPS) is 12.6. The van der Waals surface area contributed by atoms with Gasteiger partial charge in [0.2, 0.25) is 0 Å². The van der Waals surface area contributed by atoms with Crippen molar-refractivity contribution in [3.63, 3.8) is 0 Å². The first-order valence-electron chi connectivity index (χ1n) is 7.50. The van der Waals surface area contributed by atoms with Crippen molar-refractivity contribution < 1.29 is 18.7 Å². The summed E-state index contributed by atoms with van der Waals surface area (Å²) in [5.41, 5.74) is 1.39. The van der Waals surface area contributed by atoms with E-state index in [1.165, 1.54) is 26.2 Å². The second kappa shape index (κ2) is 7.39. The number of carbonyl (C=O) groups is 1. The highest BCUT2D eigenvalue weighted by atomic mass is 35.5. The molecule has 0 radical (unpaired) electrons. The zero-order valence-corrected chi connectivity index (χ0v) is 15.3. The molecule has 0 fully saturated rings. The number of methoxy groups -OCH3 is 1. The van der Waals surface area contributed by atoms with Gasteiger partial charge in [0, 0.05) is 18.6 Å². The van der Waals surface area contributed by atoms with Crippen LogP contribution in [0.15, 0.2) is 29.3 Å². The molecule has 0 unspecified atom stereocenters. The first-order valence-corrected chi connectivity index (χ1v) is 8.26. The number of benzene rings is 2. The Hall–Kier alpha value is -2.51. The molecule has 6 nitrogen and oxygen atoms in total. The van der Waals surface area contributed by atoms with Crippen LogP contribution in [0.25, 0.3) is 0 Å². The third kappa shape index (κ3) is 3.54. The van der Waals surface area contributed by atoms with Crippen molar-refractivity contribution in [2.75, 3.05) is 24.4 Å². The van der Waals surface area contributed by atoms with Crippen LogP contribution in [0.1, 0.15) is 12.5 Å². The number of nitrogens with one attached hydrogen (secondary N) is 2. The molecule has 1 heterocycles. The molecular weight excluding hydrogens is 384 g/mol. The maximum absolute atomic E-state index is 14.3. The Balaban J connectivity index is 2.01. The monoisotopic (exact) mass is 397 g/mol. The van der Waals surface area contributed by atoms with E-state index in [-0.39, 0.29) is 28.2 Å². The second-order valence-corrected chi connectivity index (χ2v) is 6.12. The van der Waals surface area contributed by atoms with Crippen LogP contribution >= 0.6 is 23.2 Å². The van der Waals surface area contributed by atoms with Crippen molar-refractivity contribution in [2.45, 2.75) is 6.92 Å². The molecular formula is C17H14Cl2FN3O3. The van der Waals surface area contributed by atoms with Crippen molar-refractivity contribution in [1.29, 1.82) is 0 Å². The van der Waals surface area contributed by atoms with Crippen LogP contribution in [-0.2, 0) is 4.79 Å². The summed E-state index contributed by atoms with van der Waals surface area (Å²) >= 11 is 11.7. The Morgan fingerprint density at radius 1 is 1.31 bits per heavy atom. The Bertz CT molecular complexity index is 919. The van der Waals surface area contributed by atoms with Crippen LogP contribution in [0.2, 0.25) is 10.0 Å². The van der Waals surface area contributed by atoms with E-state index >= 15 is 0 Å². The number of carbonyl (C=O) groups excluding carboxylic acids is 1. The Labute approximate surface area is 158 Å². The number of hydrogen-bond acceptors (Lipinski definition) is 6. The highest BCUT2D eigenvalue weighted by Crippen LogP contribution is 2.36. The summed E-state index contributed by atoms with van der Waals surface area (Å²) in [7, 11) is 1.47. The number of esters is 1. The fourth-order valence-corrected chi connectivity index (χ4v) is 2.75. The molecule has 0 aliphatic carbocycles. The van der Waals surface area contributed by atoms with Crippen molar-refractivity contribution in [3.05, 3.63) is 45.7 Å². The van der Waals surface area contributed by atoms with E-state index in [1.54, 1.807) is 12.1 Å². The van der Waals surface area contributed by atoms with Gasteiger partial charge in [0.1, 0.15) is 12.5 Å². The summed E-state index contributed by atoms with van der Waals surface area (Å²) in [6, 6.07) is 6.21. The lowest BCUT2D eigenvalue weighted by Gasteiger charge is -2.22. The molecule has 2 aromatic rings. The lowest BCUT2D eigenvalue weighted by molar-refractivity contribution is -0.132. The largest absolute Gasteiger partial charge is 0.493 e. The number of nitrogens with zero attached hydrogens (tertiary/aromatic N) is 1. The minimum Gasteiger partial charge on any atom is -0.493 e. The van der Waals surface area contributed by atoms with Crippen LogP contribution in [0.3, 0.4) is 0 Å². The van der Waals surface area contributed by atoms with E-state index in [0.717, 1.165) is 0 Å². The molecule has 3 rings (SSSR count). The standard InChI is InChI=1S/C17H14Cl2FN3O3/c1-8(24)26-14-5-9-12(6-13(14)25-2)21-7-22-17(9)23-11-4-3-10(18)15(19)16(11)20/h3-6,21H,7H2,1-2H3,(H,22,23). The third-order valence-electron chi connectivity index (χ3n) is 3.61. The molecule has 136 valence electrons. The third-order valence-corrected chi connectivity index (χ3v) is 4.39. The zero-order chi connectivity index (χ0) is 18.8. The number of rotatable bonds is 3. The minimum atomic E-state index is -0.685. The van der Waals surface area contributed by atoms with Gasteiger partial charge < -0.3 is 20.1 Å². The summed E-state index contributed by atoms with van der Waals surface area (Å²) in [6.07, 6.45) is 0. The Morgan fingerprint density at radius 2 is 2.08 bits per heavy atom. The Kier molecular flexibility index (Phi) is 5.20. The van der Waals surface area contributed by atoms with Gasteiger partial charge >= 0.3 is 5.97 Å². The molecule has 0 aromatic heterocycles. The summed E-state index contributed by atoms with van der Waals surface area (Å²) in [5, 5.41) is 5.92. The summed E-state index contributed by atoms with van der Waals surface area (Å²) in [5.74, 6) is -0.184. The highest BCUT2D eigenvalue weighted by molar-refractivity contribution is 6.42. The van der Waals surface area contributed by atoms with Gasteiger partial charge in [-0.25, -0.2) is 9.38 Å². The fraction of sp³-hybridized carbons (Fsp3) is 0.176. The van der Waals surface area contributed by atoms with E-state index < -0.39 is 11.8 Å². The number of halogens is 3. The van der Waals surface area contributed by atoms with Crippen molar-refractivity contribution in [3.8, 4) is 11.5 Å². The van der Waals surface area contributed by atoms with Gasteiger partial charge in [-0.05, 0) is 18.2 Å². The molecule has 9 heteroatoms. The number of ether oxygens (including phenoxy) is 2. The number of fused-ring (bicyclic) bond motifs is 1. The lowest BCUT2D eigenvalue weighted by Crippen LogP contribution is -2.23. The van der Waals surface area contributed by atoms with Gasteiger partial charge in [-0.2, -0.15) is 0 Å². The molecule has 0 saturated heterocycles. The highest BCUT2D eigenvalue weighted by Gasteiger charge is 2.21. The van der Waals surface area contributed by atoms with Crippen LogP contribution in [0.5, 0.6) is 11.5 Å². The van der Waals surface area contributed by atoms with Crippen LogP contribution < -0.4 is 20.1 Å².